The maximum atomic E-state index is 12.2. The highest BCUT2D eigenvalue weighted by atomic mass is 79.9. The third-order valence-corrected chi connectivity index (χ3v) is 3.74. The second kappa shape index (κ2) is 4.81. The molecule has 6 heteroatoms. The van der Waals surface area contributed by atoms with Gasteiger partial charge in [-0.1, -0.05) is 18.2 Å². The molecule has 0 aliphatic carbocycles. The van der Waals surface area contributed by atoms with Crippen molar-refractivity contribution in [3.05, 3.63) is 52.5 Å². The van der Waals surface area contributed by atoms with Crippen LogP contribution in [0.2, 0.25) is 0 Å². The van der Waals surface area contributed by atoms with Crippen LogP contribution in [0.25, 0.3) is 0 Å². The van der Waals surface area contributed by atoms with Crippen LogP contribution in [0.5, 0.6) is 0 Å². The van der Waals surface area contributed by atoms with Crippen LogP contribution in [0, 0.1) is 6.92 Å². The van der Waals surface area contributed by atoms with Crippen LogP contribution in [-0.2, 0) is 0 Å². The molecule has 1 aliphatic heterocycles. The minimum atomic E-state index is -0.419. The Kier molecular flexibility index (Phi) is 3.11. The van der Waals surface area contributed by atoms with E-state index < -0.39 is 6.03 Å². The highest BCUT2D eigenvalue weighted by Crippen LogP contribution is 2.36. The molecule has 1 aliphatic rings. The number of hydrogen-bond donors (Lipinski definition) is 2. The molecule has 0 saturated heterocycles. The number of hydrazine groups is 1. The normalized spacial score (nSPS) is 14.1. The first kappa shape index (κ1) is 13.0. The van der Waals surface area contributed by atoms with Crippen molar-refractivity contribution in [1.82, 2.24) is 0 Å². The van der Waals surface area contributed by atoms with Gasteiger partial charge in [-0.25, -0.2) is 4.79 Å². The average molecular weight is 334 g/mol. The Hall–Kier alpha value is -2.05. The van der Waals surface area contributed by atoms with Gasteiger partial charge in [0.1, 0.15) is 5.69 Å². The lowest BCUT2D eigenvalue weighted by molar-refractivity contribution is 0.221. The van der Waals surface area contributed by atoms with E-state index in [9.17, 15) is 10.0 Å². The molecule has 2 N–H and O–H groups in total. The van der Waals surface area contributed by atoms with E-state index in [0.29, 0.717) is 17.1 Å². The van der Waals surface area contributed by atoms with E-state index >= 15 is 0 Å². The lowest BCUT2D eigenvalue weighted by atomic mass is 10.2. The van der Waals surface area contributed by atoms with Crippen molar-refractivity contribution >= 4 is 39.0 Å². The molecule has 0 fully saturated rings. The van der Waals surface area contributed by atoms with Crippen LogP contribution >= 0.6 is 15.9 Å². The molecule has 5 nitrogen and oxygen atoms in total. The zero-order valence-electron chi connectivity index (χ0n) is 10.7. The van der Waals surface area contributed by atoms with Gasteiger partial charge in [0.05, 0.1) is 11.4 Å². The molecule has 2 aromatic carbocycles. The predicted molar refractivity (Wildman–Crippen MR) is 81.1 cm³/mol. The molecule has 1 heterocycles. The zero-order valence-corrected chi connectivity index (χ0v) is 12.3. The largest absolute Gasteiger partial charge is 0.347 e. The summed E-state index contributed by atoms with van der Waals surface area (Å²) in [6.45, 7) is 1.92. The van der Waals surface area contributed by atoms with E-state index in [1.54, 1.807) is 24.3 Å². The fourth-order valence-corrected chi connectivity index (χ4v) is 2.53. The molecule has 0 saturated carbocycles. The smallest absolute Gasteiger partial charge is 0.304 e. The van der Waals surface area contributed by atoms with Crippen LogP contribution < -0.4 is 15.5 Å². The highest BCUT2D eigenvalue weighted by Gasteiger charge is 2.31. The summed E-state index contributed by atoms with van der Waals surface area (Å²) < 4.78 is 0.719. The molecule has 2 aromatic rings. The van der Waals surface area contributed by atoms with Gasteiger partial charge >= 0.3 is 6.03 Å². The van der Waals surface area contributed by atoms with Crippen LogP contribution in [0.4, 0.5) is 21.9 Å². The van der Waals surface area contributed by atoms with Crippen LogP contribution in [-0.4, -0.2) is 11.2 Å². The van der Waals surface area contributed by atoms with E-state index in [1.165, 1.54) is 5.01 Å². The fraction of sp³-hybridized carbons (Fsp3) is 0.0714. The number of benzene rings is 2. The van der Waals surface area contributed by atoms with Gasteiger partial charge in [-0.05, 0) is 52.7 Å². The van der Waals surface area contributed by atoms with Gasteiger partial charge in [-0.15, -0.1) is 0 Å². The van der Waals surface area contributed by atoms with E-state index in [1.807, 2.05) is 25.1 Å². The minimum absolute atomic E-state index is 0.419. The lowest BCUT2D eigenvalue weighted by Crippen LogP contribution is -2.51. The molecule has 2 amide bonds. The maximum Gasteiger partial charge on any atom is 0.347 e. The van der Waals surface area contributed by atoms with Gasteiger partial charge < -0.3 is 5.32 Å². The number of hydrogen-bond acceptors (Lipinski definition) is 3. The van der Waals surface area contributed by atoms with Gasteiger partial charge in [0.15, 0.2) is 0 Å². The summed E-state index contributed by atoms with van der Waals surface area (Å²) in [7, 11) is 0. The van der Waals surface area contributed by atoms with Crippen molar-refractivity contribution in [2.45, 2.75) is 6.92 Å². The highest BCUT2D eigenvalue weighted by molar-refractivity contribution is 9.10. The molecule has 0 bridgehead atoms. The molecule has 0 unspecified atom stereocenters. The number of carbonyl (C=O) groups excluding carboxylic acids is 1. The number of fused-ring (bicyclic) bond motifs is 1. The summed E-state index contributed by atoms with van der Waals surface area (Å²) >= 11 is 3.40. The first-order valence-corrected chi connectivity index (χ1v) is 6.82. The molecule has 0 atom stereocenters. The van der Waals surface area contributed by atoms with Gasteiger partial charge in [-0.3, -0.25) is 5.21 Å². The number of nitrogens with one attached hydrogen (secondary N) is 1. The van der Waals surface area contributed by atoms with Crippen molar-refractivity contribution in [3.63, 3.8) is 0 Å². The molecular weight excluding hydrogens is 322 g/mol. The molecule has 0 spiro atoms. The van der Waals surface area contributed by atoms with Crippen molar-refractivity contribution in [2.75, 3.05) is 15.5 Å². The molecule has 0 radical (unpaired) electrons. The number of carbonyl (C=O) groups is 1. The monoisotopic (exact) mass is 333 g/mol. The number of aryl methyl sites for hydroxylation is 1. The van der Waals surface area contributed by atoms with Crippen molar-refractivity contribution in [2.24, 2.45) is 0 Å². The van der Waals surface area contributed by atoms with Gasteiger partial charge in [-0.2, -0.15) is 10.2 Å². The van der Waals surface area contributed by atoms with Gasteiger partial charge in [0, 0.05) is 4.47 Å². The Morgan fingerprint density at radius 1 is 1.15 bits per heavy atom. The predicted octanol–water partition coefficient (Wildman–Crippen LogP) is 3.92. The fourth-order valence-electron chi connectivity index (χ4n) is 2.11. The number of amides is 2. The Morgan fingerprint density at radius 3 is 2.70 bits per heavy atom. The molecule has 3 rings (SSSR count). The van der Waals surface area contributed by atoms with E-state index in [4.69, 9.17) is 0 Å². The second-order valence-electron chi connectivity index (χ2n) is 4.50. The maximum absolute atomic E-state index is 12.2. The van der Waals surface area contributed by atoms with E-state index in [2.05, 4.69) is 21.2 Å². The minimum Gasteiger partial charge on any atom is -0.304 e. The third kappa shape index (κ3) is 2.03. The standard InChI is InChI=1S/C14H12BrN3O2/c1-9-6-7-10(15)13(8-9)17-14(19)16-11-4-2-3-5-12(11)18(17)20/h2-8,20H,1H3,(H,16,19). The number of rotatable bonds is 1. The van der Waals surface area contributed by atoms with Crippen LogP contribution in [0.3, 0.4) is 0 Å². The quantitative estimate of drug-likeness (QED) is 0.831. The van der Waals surface area contributed by atoms with Crippen LogP contribution in [0.1, 0.15) is 5.56 Å². The molecule has 0 aromatic heterocycles. The summed E-state index contributed by atoms with van der Waals surface area (Å²) in [5.41, 5.74) is 2.64. The first-order chi connectivity index (χ1) is 9.58. The van der Waals surface area contributed by atoms with Crippen LogP contribution in [0.15, 0.2) is 46.9 Å². The molecule has 20 heavy (non-hydrogen) atoms. The second-order valence-corrected chi connectivity index (χ2v) is 5.36. The number of halogens is 1. The lowest BCUT2D eigenvalue weighted by Gasteiger charge is -2.36. The Labute approximate surface area is 124 Å². The Balaban J connectivity index is 2.11. The van der Waals surface area contributed by atoms with Crippen molar-refractivity contribution < 1.29 is 10.0 Å². The summed E-state index contributed by atoms with van der Waals surface area (Å²) in [4.78, 5) is 12.2. The number of urea groups is 1. The SMILES string of the molecule is Cc1ccc(Br)c(N2C(=O)Nc3ccccc3N2O)c1. The van der Waals surface area contributed by atoms with Gasteiger partial charge in [0.2, 0.25) is 0 Å². The Morgan fingerprint density at radius 2 is 1.90 bits per heavy atom. The molecular formula is C14H12BrN3O2. The van der Waals surface area contributed by atoms with E-state index in [0.717, 1.165) is 15.2 Å². The summed E-state index contributed by atoms with van der Waals surface area (Å²) in [5, 5.41) is 15.1. The summed E-state index contributed by atoms with van der Waals surface area (Å²) in [6.07, 6.45) is 0. The number of anilines is 3. The first-order valence-electron chi connectivity index (χ1n) is 6.03. The average Bonchev–Trinajstić information content (AvgIpc) is 2.42. The topological polar surface area (TPSA) is 55.8 Å². The summed E-state index contributed by atoms with van der Waals surface area (Å²) in [5.74, 6) is 0. The van der Waals surface area contributed by atoms with Crippen molar-refractivity contribution in [3.8, 4) is 0 Å². The number of nitrogens with zero attached hydrogens (tertiary/aromatic N) is 2. The third-order valence-electron chi connectivity index (χ3n) is 3.07. The number of para-hydroxylation sites is 2. The zero-order chi connectivity index (χ0) is 14.3. The molecule has 102 valence electrons. The summed E-state index contributed by atoms with van der Waals surface area (Å²) in [6, 6.07) is 12.2. The van der Waals surface area contributed by atoms with Crippen molar-refractivity contribution in [1.29, 1.82) is 0 Å². The van der Waals surface area contributed by atoms with E-state index in [-0.39, 0.29) is 0 Å². The Bertz CT molecular complexity index is 690. The van der Waals surface area contributed by atoms with Gasteiger partial charge in [0.25, 0.3) is 0 Å².